The zero-order valence-electron chi connectivity index (χ0n) is 12.6. The Kier molecular flexibility index (Phi) is 4.32. The molecule has 1 aliphatic heterocycles. The molecule has 2 aliphatic rings. The molecule has 1 atom stereocenters. The third-order valence-corrected chi connectivity index (χ3v) is 4.44. The maximum atomic E-state index is 13.1. The van der Waals surface area contributed by atoms with Crippen LogP contribution in [0.4, 0.5) is 8.78 Å². The van der Waals surface area contributed by atoms with E-state index in [9.17, 15) is 18.4 Å². The lowest BCUT2D eigenvalue weighted by molar-refractivity contribution is -0.151. The minimum atomic E-state index is -3.32. The third kappa shape index (κ3) is 3.51. The predicted molar refractivity (Wildman–Crippen MR) is 76.2 cm³/mol. The van der Waals surface area contributed by atoms with Gasteiger partial charge in [-0.05, 0) is 19.3 Å². The van der Waals surface area contributed by atoms with Crippen LogP contribution in [0.5, 0.6) is 0 Å². The maximum absolute atomic E-state index is 13.1. The summed E-state index contributed by atoms with van der Waals surface area (Å²) >= 11 is 0. The Morgan fingerprint density at radius 3 is 2.83 bits per heavy atom. The molecule has 1 aliphatic carbocycles. The molecule has 126 valence electrons. The highest BCUT2D eigenvalue weighted by molar-refractivity contribution is 5.92. The van der Waals surface area contributed by atoms with Gasteiger partial charge in [-0.2, -0.15) is 8.78 Å². The summed E-state index contributed by atoms with van der Waals surface area (Å²) in [6, 6.07) is -0.493. The van der Waals surface area contributed by atoms with Crippen molar-refractivity contribution < 1.29 is 22.8 Å². The number of rotatable bonds is 4. The van der Waals surface area contributed by atoms with E-state index in [1.807, 2.05) is 0 Å². The van der Waals surface area contributed by atoms with Gasteiger partial charge in [-0.15, -0.1) is 0 Å². The molecular formula is C15H19F2N3O3. The average molecular weight is 327 g/mol. The number of nitrogens with one attached hydrogen (secondary N) is 2. The molecule has 1 saturated heterocycles. The van der Waals surface area contributed by atoms with Crippen molar-refractivity contribution in [2.75, 3.05) is 6.54 Å². The molecule has 0 bridgehead atoms. The van der Waals surface area contributed by atoms with Crippen molar-refractivity contribution >= 4 is 11.8 Å². The highest BCUT2D eigenvalue weighted by Crippen LogP contribution is 2.33. The van der Waals surface area contributed by atoms with E-state index in [4.69, 9.17) is 4.42 Å². The van der Waals surface area contributed by atoms with Crippen LogP contribution in [-0.4, -0.2) is 35.3 Å². The lowest BCUT2D eigenvalue weighted by atomic mass is 10.0. The van der Waals surface area contributed by atoms with Gasteiger partial charge in [0, 0.05) is 24.9 Å². The lowest BCUT2D eigenvalue weighted by Gasteiger charge is -2.28. The summed E-state index contributed by atoms with van der Waals surface area (Å²) in [7, 11) is 0. The number of carbonyl (C=O) groups is 2. The quantitative estimate of drug-likeness (QED) is 0.885. The Hall–Kier alpha value is -1.99. The molecule has 1 unspecified atom stereocenters. The Labute approximate surface area is 132 Å². The van der Waals surface area contributed by atoms with E-state index < -0.39 is 30.2 Å². The molecule has 8 heteroatoms. The van der Waals surface area contributed by atoms with Crippen LogP contribution in [0.2, 0.25) is 0 Å². The van der Waals surface area contributed by atoms with Crippen LogP contribution in [0, 0.1) is 0 Å². The number of halogens is 2. The zero-order chi connectivity index (χ0) is 16.4. The first-order valence-corrected chi connectivity index (χ1v) is 7.88. The van der Waals surface area contributed by atoms with Gasteiger partial charge in [0.15, 0.2) is 11.6 Å². The van der Waals surface area contributed by atoms with Crippen LogP contribution < -0.4 is 10.6 Å². The molecular weight excluding hydrogens is 308 g/mol. The van der Waals surface area contributed by atoms with Crippen molar-refractivity contribution in [2.45, 2.75) is 56.4 Å². The van der Waals surface area contributed by atoms with Crippen molar-refractivity contribution in [1.82, 2.24) is 15.6 Å². The van der Waals surface area contributed by atoms with Gasteiger partial charge in [0.2, 0.25) is 0 Å². The number of alkyl halides is 2. The first kappa shape index (κ1) is 15.9. The molecule has 0 aromatic carbocycles. The molecule has 2 N–H and O–H groups in total. The van der Waals surface area contributed by atoms with Gasteiger partial charge < -0.3 is 15.1 Å². The number of nitrogens with zero attached hydrogens (tertiary/aromatic N) is 1. The fourth-order valence-electron chi connectivity index (χ4n) is 3.04. The second-order valence-corrected chi connectivity index (χ2v) is 6.18. The van der Waals surface area contributed by atoms with Gasteiger partial charge in [-0.3, -0.25) is 9.59 Å². The van der Waals surface area contributed by atoms with Crippen LogP contribution >= 0.6 is 0 Å². The molecule has 1 aromatic rings. The fraction of sp³-hybridized carbons (Fsp3) is 0.667. The number of oxazole rings is 1. The van der Waals surface area contributed by atoms with Crippen LogP contribution in [0.25, 0.3) is 0 Å². The van der Waals surface area contributed by atoms with E-state index in [1.54, 1.807) is 0 Å². The SMILES string of the molecule is O=C(NCC1CCC(F)(F)C(=O)N1)c1coc(C2CCCC2)n1. The summed E-state index contributed by atoms with van der Waals surface area (Å²) < 4.78 is 31.5. The molecule has 23 heavy (non-hydrogen) atoms. The Morgan fingerprint density at radius 2 is 2.13 bits per heavy atom. The predicted octanol–water partition coefficient (Wildman–Crippen LogP) is 1.98. The minimum absolute atomic E-state index is 0.0896. The molecule has 0 spiro atoms. The number of hydrogen-bond acceptors (Lipinski definition) is 4. The first-order valence-electron chi connectivity index (χ1n) is 7.88. The number of hydrogen-bond donors (Lipinski definition) is 2. The first-order chi connectivity index (χ1) is 11.0. The molecule has 1 aromatic heterocycles. The van der Waals surface area contributed by atoms with E-state index in [0.717, 1.165) is 25.7 Å². The summed E-state index contributed by atoms with van der Waals surface area (Å²) in [5.74, 6) is -4.17. The highest BCUT2D eigenvalue weighted by atomic mass is 19.3. The summed E-state index contributed by atoms with van der Waals surface area (Å²) in [4.78, 5) is 27.4. The highest BCUT2D eigenvalue weighted by Gasteiger charge is 2.43. The van der Waals surface area contributed by atoms with E-state index in [0.29, 0.717) is 5.89 Å². The van der Waals surface area contributed by atoms with Crippen LogP contribution in [0.15, 0.2) is 10.7 Å². The monoisotopic (exact) mass is 327 g/mol. The van der Waals surface area contributed by atoms with Gasteiger partial charge in [0.25, 0.3) is 11.8 Å². The number of amides is 2. The maximum Gasteiger partial charge on any atom is 0.324 e. The number of carbonyl (C=O) groups excluding carboxylic acids is 2. The molecule has 0 radical (unpaired) electrons. The second kappa shape index (κ2) is 6.25. The summed E-state index contributed by atoms with van der Waals surface area (Å²) in [6.45, 7) is 0.0896. The van der Waals surface area contributed by atoms with E-state index in [-0.39, 0.29) is 24.6 Å². The average Bonchev–Trinajstić information content (AvgIpc) is 3.18. The van der Waals surface area contributed by atoms with Crippen molar-refractivity contribution in [3.05, 3.63) is 17.8 Å². The van der Waals surface area contributed by atoms with Crippen LogP contribution in [-0.2, 0) is 4.79 Å². The van der Waals surface area contributed by atoms with Crippen molar-refractivity contribution in [3.63, 3.8) is 0 Å². The standard InChI is InChI=1S/C15H19F2N3O3/c16-15(17)6-5-10(19-14(15)22)7-18-12(21)11-8-23-13(20-11)9-3-1-2-4-9/h8-10H,1-7H2,(H,18,21)(H,19,22). The normalized spacial score (nSPS) is 24.4. The molecule has 3 rings (SSSR count). The van der Waals surface area contributed by atoms with Gasteiger partial charge in [-0.25, -0.2) is 4.98 Å². The fourth-order valence-corrected chi connectivity index (χ4v) is 3.04. The molecule has 2 fully saturated rings. The summed E-state index contributed by atoms with van der Waals surface area (Å²) in [5.41, 5.74) is 0.180. The van der Waals surface area contributed by atoms with Gasteiger partial charge >= 0.3 is 5.92 Å². The number of aromatic nitrogens is 1. The Bertz CT molecular complexity index is 597. The molecule has 2 heterocycles. The molecule has 1 saturated carbocycles. The molecule has 2 amide bonds. The number of piperidine rings is 1. The van der Waals surface area contributed by atoms with E-state index in [2.05, 4.69) is 15.6 Å². The van der Waals surface area contributed by atoms with Gasteiger partial charge in [0.05, 0.1) is 0 Å². The van der Waals surface area contributed by atoms with Crippen LogP contribution in [0.1, 0.15) is 60.8 Å². The van der Waals surface area contributed by atoms with Crippen LogP contribution in [0.3, 0.4) is 0 Å². The molecule has 6 nitrogen and oxygen atoms in total. The minimum Gasteiger partial charge on any atom is -0.448 e. The van der Waals surface area contributed by atoms with Crippen molar-refractivity contribution in [2.24, 2.45) is 0 Å². The van der Waals surface area contributed by atoms with Crippen molar-refractivity contribution in [1.29, 1.82) is 0 Å². The second-order valence-electron chi connectivity index (χ2n) is 6.18. The van der Waals surface area contributed by atoms with E-state index >= 15 is 0 Å². The summed E-state index contributed by atoms with van der Waals surface area (Å²) in [5, 5.41) is 4.82. The van der Waals surface area contributed by atoms with E-state index in [1.165, 1.54) is 6.26 Å². The van der Waals surface area contributed by atoms with Gasteiger partial charge in [0.1, 0.15) is 6.26 Å². The topological polar surface area (TPSA) is 84.2 Å². The largest absolute Gasteiger partial charge is 0.448 e. The lowest BCUT2D eigenvalue weighted by Crippen LogP contribution is -2.54. The smallest absolute Gasteiger partial charge is 0.324 e. The zero-order valence-corrected chi connectivity index (χ0v) is 12.6. The summed E-state index contributed by atoms with van der Waals surface area (Å²) in [6.07, 6.45) is 5.24. The third-order valence-electron chi connectivity index (χ3n) is 4.44. The Morgan fingerprint density at radius 1 is 1.39 bits per heavy atom. The Balaban J connectivity index is 1.51. The van der Waals surface area contributed by atoms with Gasteiger partial charge in [-0.1, -0.05) is 12.8 Å². The van der Waals surface area contributed by atoms with Crippen molar-refractivity contribution in [3.8, 4) is 0 Å².